The van der Waals surface area contributed by atoms with Gasteiger partial charge in [0, 0.05) is 50.4 Å². The number of carbonyl (C=O) groups is 1. The minimum absolute atomic E-state index is 0.129. The number of non-ortho nitro benzene ring substituents is 1. The van der Waals surface area contributed by atoms with Crippen LogP contribution in [0.2, 0.25) is 0 Å². The van der Waals surface area contributed by atoms with Gasteiger partial charge in [-0.05, 0) is 19.9 Å². The largest absolute Gasteiger partial charge is 0.465 e. The van der Waals surface area contributed by atoms with Gasteiger partial charge in [0.05, 0.1) is 29.0 Å². The lowest BCUT2D eigenvalue weighted by molar-refractivity contribution is -0.384. The number of nitrogens with zero attached hydrogens (tertiary/aromatic N) is 4. The highest BCUT2D eigenvalue weighted by Crippen LogP contribution is 2.27. The molecule has 0 radical (unpaired) electrons. The molecule has 9 heteroatoms. The van der Waals surface area contributed by atoms with Crippen molar-refractivity contribution in [2.75, 3.05) is 38.2 Å². The van der Waals surface area contributed by atoms with Gasteiger partial charge in [-0.1, -0.05) is 5.16 Å². The van der Waals surface area contributed by atoms with Gasteiger partial charge < -0.3 is 14.2 Å². The fourth-order valence-corrected chi connectivity index (χ4v) is 3.28. The minimum atomic E-state index is -0.577. The van der Waals surface area contributed by atoms with Crippen LogP contribution in [0.1, 0.15) is 27.4 Å². The van der Waals surface area contributed by atoms with Gasteiger partial charge >= 0.3 is 5.97 Å². The topological polar surface area (TPSA) is 102 Å². The van der Waals surface area contributed by atoms with Crippen LogP contribution in [0.3, 0.4) is 0 Å². The lowest BCUT2D eigenvalue weighted by atomic mass is 10.1. The van der Waals surface area contributed by atoms with Crippen molar-refractivity contribution in [1.82, 2.24) is 10.1 Å². The Morgan fingerprint density at radius 3 is 2.56 bits per heavy atom. The Bertz CT molecular complexity index is 836. The first-order valence-corrected chi connectivity index (χ1v) is 8.66. The molecule has 1 aliphatic heterocycles. The van der Waals surface area contributed by atoms with E-state index in [1.807, 2.05) is 13.8 Å². The summed E-state index contributed by atoms with van der Waals surface area (Å²) >= 11 is 0. The Balaban J connectivity index is 1.74. The van der Waals surface area contributed by atoms with E-state index in [-0.39, 0.29) is 11.3 Å². The Labute approximate surface area is 156 Å². The van der Waals surface area contributed by atoms with E-state index in [1.165, 1.54) is 19.2 Å². The predicted octanol–water partition coefficient (Wildman–Crippen LogP) is 2.31. The number of hydrogen-bond acceptors (Lipinski definition) is 8. The van der Waals surface area contributed by atoms with E-state index in [0.717, 1.165) is 36.7 Å². The van der Waals surface area contributed by atoms with Crippen LogP contribution in [-0.4, -0.2) is 54.2 Å². The smallest absolute Gasteiger partial charge is 0.340 e. The Morgan fingerprint density at radius 1 is 1.30 bits per heavy atom. The fourth-order valence-electron chi connectivity index (χ4n) is 3.28. The van der Waals surface area contributed by atoms with Crippen LogP contribution < -0.4 is 4.90 Å². The number of methoxy groups -OCH3 is 1. The van der Waals surface area contributed by atoms with Crippen LogP contribution in [0.4, 0.5) is 11.4 Å². The van der Waals surface area contributed by atoms with Gasteiger partial charge in [-0.2, -0.15) is 0 Å². The van der Waals surface area contributed by atoms with Crippen LogP contribution in [0.15, 0.2) is 22.7 Å². The molecule has 9 nitrogen and oxygen atoms in total. The number of nitro groups is 1. The standard InChI is InChI=1S/C18H22N4O5/c1-12-16(13(2)27-19-12)11-20-6-8-21(9-7-20)17-5-4-14(22(24)25)10-15(17)18(23)26-3/h4-5,10H,6-9,11H2,1-3H3. The van der Waals surface area contributed by atoms with E-state index in [1.54, 1.807) is 6.07 Å². The second-order valence-corrected chi connectivity index (χ2v) is 6.52. The van der Waals surface area contributed by atoms with E-state index in [9.17, 15) is 14.9 Å². The highest BCUT2D eigenvalue weighted by atomic mass is 16.6. The van der Waals surface area contributed by atoms with Crippen LogP contribution in [0, 0.1) is 24.0 Å². The number of rotatable bonds is 5. The summed E-state index contributed by atoms with van der Waals surface area (Å²) in [5, 5.41) is 15.0. The maximum absolute atomic E-state index is 12.1. The lowest BCUT2D eigenvalue weighted by Crippen LogP contribution is -2.46. The quantitative estimate of drug-likeness (QED) is 0.446. The van der Waals surface area contributed by atoms with E-state index < -0.39 is 10.9 Å². The van der Waals surface area contributed by atoms with Gasteiger partial charge in [-0.25, -0.2) is 4.79 Å². The number of carbonyl (C=O) groups excluding carboxylic acids is 1. The summed E-state index contributed by atoms with van der Waals surface area (Å²) in [5.41, 5.74) is 2.75. The van der Waals surface area contributed by atoms with Gasteiger partial charge in [0.25, 0.3) is 5.69 Å². The molecule has 27 heavy (non-hydrogen) atoms. The van der Waals surface area contributed by atoms with Crippen LogP contribution in [0.25, 0.3) is 0 Å². The molecule has 0 aliphatic carbocycles. The van der Waals surface area contributed by atoms with Crippen LogP contribution in [-0.2, 0) is 11.3 Å². The number of piperazine rings is 1. The number of benzene rings is 1. The van der Waals surface area contributed by atoms with Crippen molar-refractivity contribution in [2.45, 2.75) is 20.4 Å². The molecule has 0 spiro atoms. The molecule has 0 bridgehead atoms. The van der Waals surface area contributed by atoms with Gasteiger partial charge in [0.2, 0.25) is 0 Å². The van der Waals surface area contributed by atoms with Crippen molar-refractivity contribution in [3.8, 4) is 0 Å². The fraction of sp³-hybridized carbons (Fsp3) is 0.444. The second-order valence-electron chi connectivity index (χ2n) is 6.52. The Hall–Kier alpha value is -2.94. The zero-order valence-corrected chi connectivity index (χ0v) is 15.6. The average molecular weight is 374 g/mol. The lowest BCUT2D eigenvalue weighted by Gasteiger charge is -2.36. The second kappa shape index (κ2) is 7.75. The Morgan fingerprint density at radius 2 is 2.00 bits per heavy atom. The molecule has 0 atom stereocenters. The van der Waals surface area contributed by atoms with Crippen LogP contribution in [0.5, 0.6) is 0 Å². The van der Waals surface area contributed by atoms with Crippen molar-refractivity contribution < 1.29 is 19.0 Å². The van der Waals surface area contributed by atoms with Gasteiger partial charge in [-0.15, -0.1) is 0 Å². The number of aromatic nitrogens is 1. The number of hydrogen-bond donors (Lipinski definition) is 0. The molecule has 0 N–H and O–H groups in total. The first-order chi connectivity index (χ1) is 12.9. The SMILES string of the molecule is COC(=O)c1cc([N+](=O)[O-])ccc1N1CCN(Cc2c(C)noc2C)CC1. The third-order valence-electron chi connectivity index (χ3n) is 4.87. The van der Waals surface area contributed by atoms with Gasteiger partial charge in [-0.3, -0.25) is 15.0 Å². The normalized spacial score (nSPS) is 15.0. The summed E-state index contributed by atoms with van der Waals surface area (Å²) in [5.74, 6) is 0.255. The van der Waals surface area contributed by atoms with E-state index >= 15 is 0 Å². The third kappa shape index (κ3) is 3.92. The van der Waals surface area contributed by atoms with Gasteiger partial charge in [0.1, 0.15) is 5.76 Å². The predicted molar refractivity (Wildman–Crippen MR) is 97.9 cm³/mol. The number of aryl methyl sites for hydroxylation is 2. The molecule has 1 aromatic heterocycles. The zero-order valence-electron chi connectivity index (χ0n) is 15.6. The average Bonchev–Trinajstić information content (AvgIpc) is 2.99. The minimum Gasteiger partial charge on any atom is -0.465 e. The van der Waals surface area contributed by atoms with Crippen molar-refractivity contribution in [3.63, 3.8) is 0 Å². The Kier molecular flexibility index (Phi) is 5.41. The number of esters is 1. The third-order valence-corrected chi connectivity index (χ3v) is 4.87. The van der Waals surface area contributed by atoms with E-state index in [4.69, 9.17) is 9.26 Å². The molecule has 1 aliphatic rings. The highest BCUT2D eigenvalue weighted by molar-refractivity contribution is 5.96. The highest BCUT2D eigenvalue weighted by Gasteiger charge is 2.25. The van der Waals surface area contributed by atoms with E-state index in [0.29, 0.717) is 18.8 Å². The zero-order chi connectivity index (χ0) is 19.6. The summed E-state index contributed by atoms with van der Waals surface area (Å²) in [6, 6.07) is 4.31. The molecule has 1 saturated heterocycles. The van der Waals surface area contributed by atoms with Gasteiger partial charge in [0.15, 0.2) is 0 Å². The summed E-state index contributed by atoms with van der Waals surface area (Å²) in [6.07, 6.45) is 0. The summed E-state index contributed by atoms with van der Waals surface area (Å²) in [4.78, 5) is 27.0. The summed E-state index contributed by atoms with van der Waals surface area (Å²) < 4.78 is 10.0. The molecular weight excluding hydrogens is 352 g/mol. The molecule has 1 fully saturated rings. The molecule has 0 amide bonds. The number of nitro benzene ring substituents is 1. The maximum atomic E-state index is 12.1. The molecule has 2 heterocycles. The first kappa shape index (κ1) is 18.8. The monoisotopic (exact) mass is 374 g/mol. The molecule has 3 rings (SSSR count). The van der Waals surface area contributed by atoms with Crippen molar-refractivity contribution >= 4 is 17.3 Å². The van der Waals surface area contributed by atoms with Crippen molar-refractivity contribution in [1.29, 1.82) is 0 Å². The van der Waals surface area contributed by atoms with Crippen molar-refractivity contribution in [2.24, 2.45) is 0 Å². The first-order valence-electron chi connectivity index (χ1n) is 8.66. The number of ether oxygens (including phenoxy) is 1. The van der Waals surface area contributed by atoms with Crippen molar-refractivity contribution in [3.05, 3.63) is 50.9 Å². The van der Waals surface area contributed by atoms with Crippen LogP contribution >= 0.6 is 0 Å². The molecule has 0 unspecified atom stereocenters. The molecule has 0 saturated carbocycles. The molecule has 144 valence electrons. The summed E-state index contributed by atoms with van der Waals surface area (Å²) in [6.45, 7) is 7.59. The summed E-state index contributed by atoms with van der Waals surface area (Å²) in [7, 11) is 1.27. The molecule has 2 aromatic rings. The maximum Gasteiger partial charge on any atom is 0.340 e. The molecular formula is C18H22N4O5. The number of anilines is 1. The molecule has 1 aromatic carbocycles. The van der Waals surface area contributed by atoms with E-state index in [2.05, 4.69) is 15.0 Å².